The van der Waals surface area contributed by atoms with Gasteiger partial charge in [0.2, 0.25) is 10.0 Å². The molecule has 0 fully saturated rings. The number of nitrogens with zero attached hydrogens (tertiary/aromatic N) is 1. The predicted octanol–water partition coefficient (Wildman–Crippen LogP) is 0.610. The van der Waals surface area contributed by atoms with E-state index >= 15 is 0 Å². The monoisotopic (exact) mass is 273 g/mol. The van der Waals surface area contributed by atoms with Crippen LogP contribution in [-0.2, 0) is 10.0 Å². The van der Waals surface area contributed by atoms with Crippen LogP contribution in [0.1, 0.15) is 13.8 Å². The van der Waals surface area contributed by atoms with E-state index in [0.717, 1.165) is 6.07 Å². The lowest BCUT2D eigenvalue weighted by Gasteiger charge is -2.18. The van der Waals surface area contributed by atoms with E-state index in [1.165, 1.54) is 18.2 Å². The molecule has 0 bridgehead atoms. The first-order valence-electron chi connectivity index (χ1n) is 5.15. The molecule has 1 rings (SSSR count). The largest absolute Gasteiger partial charge is 0.324 e. The second-order valence-electron chi connectivity index (χ2n) is 4.57. The molecule has 18 heavy (non-hydrogen) atoms. The number of hydrogen-bond donors (Lipinski definition) is 2. The molecule has 0 aliphatic carbocycles. The van der Waals surface area contributed by atoms with E-state index in [2.05, 4.69) is 4.72 Å². The summed E-state index contributed by atoms with van der Waals surface area (Å²) in [6, 6.07) is 4.84. The molecule has 3 N–H and O–H groups in total. The summed E-state index contributed by atoms with van der Waals surface area (Å²) in [5.74, 6) is 0. The predicted molar refractivity (Wildman–Crippen MR) is 66.6 cm³/mol. The molecule has 0 atom stereocenters. The Hall–Kier alpha value is -1.51. The van der Waals surface area contributed by atoms with Crippen LogP contribution >= 0.6 is 0 Å². The minimum atomic E-state index is -3.78. The van der Waals surface area contributed by atoms with Crippen LogP contribution in [0.5, 0.6) is 0 Å². The summed E-state index contributed by atoms with van der Waals surface area (Å²) in [4.78, 5) is 9.77. The van der Waals surface area contributed by atoms with Crippen molar-refractivity contribution >= 4 is 15.7 Å². The van der Waals surface area contributed by atoms with Gasteiger partial charge in [0.25, 0.3) is 5.69 Å². The Kier molecular flexibility index (Phi) is 4.05. The molecule has 0 aromatic heterocycles. The summed E-state index contributed by atoms with van der Waals surface area (Å²) >= 11 is 0. The number of sulfonamides is 1. The minimum absolute atomic E-state index is 0.0397. The summed E-state index contributed by atoms with van der Waals surface area (Å²) in [5.41, 5.74) is 4.69. The highest BCUT2D eigenvalue weighted by Gasteiger charge is 2.20. The lowest BCUT2D eigenvalue weighted by molar-refractivity contribution is -0.385. The van der Waals surface area contributed by atoms with Crippen LogP contribution in [0.3, 0.4) is 0 Å². The van der Waals surface area contributed by atoms with Crippen molar-refractivity contribution in [3.63, 3.8) is 0 Å². The van der Waals surface area contributed by atoms with Gasteiger partial charge in [-0.3, -0.25) is 10.1 Å². The molecule has 0 unspecified atom stereocenters. The molecule has 100 valence electrons. The first kappa shape index (κ1) is 14.6. The zero-order chi connectivity index (χ0) is 14.0. The fourth-order valence-corrected chi connectivity index (χ4v) is 2.39. The Bertz CT molecular complexity index is 548. The molecule has 7 nitrogen and oxygen atoms in total. The minimum Gasteiger partial charge on any atom is -0.324 e. The molecule has 0 saturated carbocycles. The zero-order valence-corrected chi connectivity index (χ0v) is 10.9. The summed E-state index contributed by atoms with van der Waals surface area (Å²) in [6.45, 7) is 3.38. The first-order valence-corrected chi connectivity index (χ1v) is 6.63. The Labute approximate surface area is 105 Å². The highest BCUT2D eigenvalue weighted by molar-refractivity contribution is 7.89. The third-order valence-electron chi connectivity index (χ3n) is 2.06. The van der Waals surface area contributed by atoms with Crippen LogP contribution < -0.4 is 10.5 Å². The average Bonchev–Trinajstić information content (AvgIpc) is 2.26. The number of nitro benzene ring substituents is 1. The average molecular weight is 273 g/mol. The second kappa shape index (κ2) is 5.01. The Morgan fingerprint density at radius 1 is 1.44 bits per heavy atom. The zero-order valence-electron chi connectivity index (χ0n) is 10.1. The van der Waals surface area contributed by atoms with E-state index in [4.69, 9.17) is 5.73 Å². The maximum Gasteiger partial charge on any atom is 0.270 e. The highest BCUT2D eigenvalue weighted by atomic mass is 32.2. The van der Waals surface area contributed by atoms with Crippen LogP contribution in [0.4, 0.5) is 5.69 Å². The van der Waals surface area contributed by atoms with Crippen LogP contribution in [0.25, 0.3) is 0 Å². The summed E-state index contributed by atoms with van der Waals surface area (Å²) in [6.07, 6.45) is 0. The highest BCUT2D eigenvalue weighted by Crippen LogP contribution is 2.17. The number of rotatable bonds is 5. The van der Waals surface area contributed by atoms with Crippen LogP contribution in [0.15, 0.2) is 29.2 Å². The second-order valence-corrected chi connectivity index (χ2v) is 6.33. The van der Waals surface area contributed by atoms with Gasteiger partial charge in [0.05, 0.1) is 9.82 Å². The lowest BCUT2D eigenvalue weighted by atomic mass is 10.1. The number of nitro groups is 1. The molecule has 1 aromatic carbocycles. The standard InChI is InChI=1S/C10H15N3O4S/c1-10(2,11)7-12-18(16,17)9-5-3-4-8(6-9)13(14)15/h3-6,12H,7,11H2,1-2H3. The lowest BCUT2D eigenvalue weighted by Crippen LogP contribution is -2.45. The molecule has 0 radical (unpaired) electrons. The van der Waals surface area contributed by atoms with Gasteiger partial charge in [-0.15, -0.1) is 0 Å². The van der Waals surface area contributed by atoms with Crippen molar-refractivity contribution in [3.05, 3.63) is 34.4 Å². The molecule has 1 aromatic rings. The van der Waals surface area contributed by atoms with Gasteiger partial charge in [-0.25, -0.2) is 13.1 Å². The topological polar surface area (TPSA) is 115 Å². The Balaban J connectivity index is 2.99. The van der Waals surface area contributed by atoms with Gasteiger partial charge in [0.1, 0.15) is 0 Å². The van der Waals surface area contributed by atoms with Crippen LogP contribution in [-0.4, -0.2) is 25.4 Å². The van der Waals surface area contributed by atoms with Crippen molar-refractivity contribution < 1.29 is 13.3 Å². The van der Waals surface area contributed by atoms with Crippen LogP contribution in [0, 0.1) is 10.1 Å². The maximum atomic E-state index is 11.9. The third-order valence-corrected chi connectivity index (χ3v) is 3.46. The van der Waals surface area contributed by atoms with Crippen molar-refractivity contribution in [1.82, 2.24) is 4.72 Å². The van der Waals surface area contributed by atoms with Crippen molar-refractivity contribution in [2.45, 2.75) is 24.3 Å². The van der Waals surface area contributed by atoms with E-state index in [0.29, 0.717) is 0 Å². The molecule has 8 heteroatoms. The smallest absolute Gasteiger partial charge is 0.270 e. The Morgan fingerprint density at radius 3 is 2.56 bits per heavy atom. The molecule has 0 amide bonds. The van der Waals surface area contributed by atoms with E-state index < -0.39 is 20.5 Å². The normalized spacial score (nSPS) is 12.4. The molecular weight excluding hydrogens is 258 g/mol. The number of hydrogen-bond acceptors (Lipinski definition) is 5. The molecule has 0 spiro atoms. The number of nitrogens with one attached hydrogen (secondary N) is 1. The first-order chi connectivity index (χ1) is 8.12. The van der Waals surface area contributed by atoms with Crippen molar-refractivity contribution in [2.75, 3.05) is 6.54 Å². The van der Waals surface area contributed by atoms with Gasteiger partial charge >= 0.3 is 0 Å². The van der Waals surface area contributed by atoms with E-state index in [-0.39, 0.29) is 17.1 Å². The van der Waals surface area contributed by atoms with E-state index in [9.17, 15) is 18.5 Å². The van der Waals surface area contributed by atoms with Gasteiger partial charge in [-0.2, -0.15) is 0 Å². The van der Waals surface area contributed by atoms with Crippen LogP contribution in [0.2, 0.25) is 0 Å². The fourth-order valence-electron chi connectivity index (χ4n) is 1.13. The SMILES string of the molecule is CC(C)(N)CNS(=O)(=O)c1cccc([N+](=O)[O-])c1. The summed E-state index contributed by atoms with van der Waals surface area (Å²) in [5, 5.41) is 10.6. The molecule has 0 heterocycles. The quantitative estimate of drug-likeness (QED) is 0.602. The van der Waals surface area contributed by atoms with Gasteiger partial charge in [0, 0.05) is 24.2 Å². The van der Waals surface area contributed by atoms with Crippen molar-refractivity contribution in [3.8, 4) is 0 Å². The van der Waals surface area contributed by atoms with Gasteiger partial charge in [0.15, 0.2) is 0 Å². The van der Waals surface area contributed by atoms with Crippen molar-refractivity contribution in [2.24, 2.45) is 5.73 Å². The summed E-state index contributed by atoms with van der Waals surface area (Å²) in [7, 11) is -3.78. The summed E-state index contributed by atoms with van der Waals surface area (Å²) < 4.78 is 26.0. The van der Waals surface area contributed by atoms with Gasteiger partial charge in [-0.05, 0) is 19.9 Å². The maximum absolute atomic E-state index is 11.9. The number of non-ortho nitro benzene ring substituents is 1. The number of benzene rings is 1. The Morgan fingerprint density at radius 2 is 2.06 bits per heavy atom. The third kappa shape index (κ3) is 4.06. The van der Waals surface area contributed by atoms with E-state index in [1.807, 2.05) is 0 Å². The van der Waals surface area contributed by atoms with Gasteiger partial charge in [-0.1, -0.05) is 6.07 Å². The fraction of sp³-hybridized carbons (Fsp3) is 0.400. The molecule has 0 saturated heterocycles. The van der Waals surface area contributed by atoms with E-state index in [1.54, 1.807) is 13.8 Å². The molecular formula is C10H15N3O4S. The van der Waals surface area contributed by atoms with Gasteiger partial charge < -0.3 is 5.73 Å². The molecule has 0 aliphatic heterocycles. The molecule has 0 aliphatic rings. The van der Waals surface area contributed by atoms with Crippen molar-refractivity contribution in [1.29, 1.82) is 0 Å². The number of nitrogens with two attached hydrogens (primary N) is 1.